The zero-order valence-electron chi connectivity index (χ0n) is 12.0. The highest BCUT2D eigenvalue weighted by molar-refractivity contribution is 5.89. The Balaban J connectivity index is 1.86. The molecule has 3 aliphatic heterocycles. The van der Waals surface area contributed by atoms with Crippen LogP contribution in [0.1, 0.15) is 35.7 Å². The van der Waals surface area contributed by atoms with Crippen molar-refractivity contribution in [2.45, 2.75) is 32.2 Å². The minimum Gasteiger partial charge on any atom is -0.319 e. The molecule has 1 aromatic heterocycles. The van der Waals surface area contributed by atoms with Crippen molar-refractivity contribution in [3.05, 3.63) is 41.1 Å². The molecule has 1 fully saturated rings. The van der Waals surface area contributed by atoms with Gasteiger partial charge in [0, 0.05) is 23.8 Å². The molecule has 0 radical (unpaired) electrons. The van der Waals surface area contributed by atoms with Gasteiger partial charge in [0.2, 0.25) is 0 Å². The first kappa shape index (κ1) is 11.2. The third-order valence-electron chi connectivity index (χ3n) is 5.50. The number of aromatic nitrogens is 1. The second kappa shape index (κ2) is 3.76. The van der Waals surface area contributed by atoms with Crippen LogP contribution in [0.5, 0.6) is 0 Å². The second-order valence-corrected chi connectivity index (χ2v) is 6.63. The first-order valence-electron chi connectivity index (χ1n) is 7.88. The van der Waals surface area contributed by atoms with Crippen LogP contribution in [0.15, 0.2) is 24.3 Å². The molecule has 20 heavy (non-hydrogen) atoms. The summed E-state index contributed by atoms with van der Waals surface area (Å²) in [6.45, 7) is 4.73. The normalized spacial score (nSPS) is 27.9. The maximum atomic E-state index is 2.72. The highest BCUT2D eigenvalue weighted by Gasteiger charge is 2.40. The summed E-state index contributed by atoms with van der Waals surface area (Å²) in [7, 11) is 0. The third-order valence-corrected chi connectivity index (χ3v) is 5.50. The molecule has 2 nitrogen and oxygen atoms in total. The van der Waals surface area contributed by atoms with Crippen LogP contribution in [0.4, 0.5) is 0 Å². The van der Waals surface area contributed by atoms with E-state index in [-0.39, 0.29) is 0 Å². The molecule has 0 bridgehead atoms. The minimum atomic E-state index is 0.644. The Morgan fingerprint density at radius 3 is 3.10 bits per heavy atom. The van der Waals surface area contributed by atoms with Crippen molar-refractivity contribution >= 4 is 17.1 Å². The first-order chi connectivity index (χ1) is 9.83. The Hall–Kier alpha value is -1.54. The van der Waals surface area contributed by atoms with E-state index in [1.54, 1.807) is 11.3 Å². The summed E-state index contributed by atoms with van der Waals surface area (Å²) in [6.07, 6.45) is 8.74. The Labute approximate surface area is 119 Å². The molecular formula is C18H20N2. The van der Waals surface area contributed by atoms with E-state index in [1.165, 1.54) is 48.8 Å². The molecule has 5 rings (SSSR count). The number of hydrogen-bond acceptors (Lipinski definition) is 1. The summed E-state index contributed by atoms with van der Waals surface area (Å²) in [4.78, 5) is 2.72. The van der Waals surface area contributed by atoms with Gasteiger partial charge in [0.25, 0.3) is 0 Å². The van der Waals surface area contributed by atoms with Gasteiger partial charge >= 0.3 is 0 Å². The van der Waals surface area contributed by atoms with Crippen LogP contribution in [-0.2, 0) is 6.42 Å². The molecule has 2 aromatic rings. The molecule has 0 aliphatic carbocycles. The molecule has 0 N–H and O–H groups in total. The number of rotatable bonds is 0. The van der Waals surface area contributed by atoms with Crippen LogP contribution in [-0.4, -0.2) is 22.6 Å². The van der Waals surface area contributed by atoms with E-state index in [1.807, 2.05) is 0 Å². The van der Waals surface area contributed by atoms with E-state index >= 15 is 0 Å². The fourth-order valence-electron chi connectivity index (χ4n) is 4.63. The van der Waals surface area contributed by atoms with Crippen LogP contribution in [0.2, 0.25) is 0 Å². The van der Waals surface area contributed by atoms with Crippen molar-refractivity contribution in [1.82, 2.24) is 9.47 Å². The Kier molecular flexibility index (Phi) is 2.10. The van der Waals surface area contributed by atoms with Gasteiger partial charge in [-0.15, -0.1) is 0 Å². The molecule has 0 unspecified atom stereocenters. The zero-order chi connectivity index (χ0) is 13.3. The van der Waals surface area contributed by atoms with E-state index in [4.69, 9.17) is 0 Å². The average Bonchev–Trinajstić information content (AvgIpc) is 2.80. The van der Waals surface area contributed by atoms with Crippen LogP contribution in [0.3, 0.4) is 0 Å². The van der Waals surface area contributed by atoms with Gasteiger partial charge < -0.3 is 4.57 Å². The van der Waals surface area contributed by atoms with Gasteiger partial charge in [-0.2, -0.15) is 0 Å². The van der Waals surface area contributed by atoms with E-state index in [2.05, 4.69) is 46.9 Å². The van der Waals surface area contributed by atoms with Crippen LogP contribution >= 0.6 is 0 Å². The molecule has 2 heteroatoms. The summed E-state index contributed by atoms with van der Waals surface area (Å²) in [5, 5.41) is 1.49. The van der Waals surface area contributed by atoms with E-state index < -0.39 is 0 Å². The quantitative estimate of drug-likeness (QED) is 0.703. The molecule has 1 aromatic carbocycles. The lowest BCUT2D eigenvalue weighted by atomic mass is 9.81. The minimum absolute atomic E-state index is 0.644. The Bertz CT molecular complexity index is 737. The molecule has 3 aliphatic rings. The summed E-state index contributed by atoms with van der Waals surface area (Å²) >= 11 is 0. The molecule has 0 amide bonds. The highest BCUT2D eigenvalue weighted by atomic mass is 15.2. The number of aryl methyl sites for hydroxylation is 1. The summed E-state index contributed by atoms with van der Waals surface area (Å²) in [5.41, 5.74) is 6.00. The van der Waals surface area contributed by atoms with Gasteiger partial charge in [0.05, 0.1) is 11.6 Å². The van der Waals surface area contributed by atoms with E-state index in [0.29, 0.717) is 6.04 Å². The molecule has 0 spiro atoms. The van der Waals surface area contributed by atoms with E-state index in [0.717, 1.165) is 5.92 Å². The molecule has 0 saturated carbocycles. The molecule has 4 heterocycles. The van der Waals surface area contributed by atoms with Gasteiger partial charge in [0.1, 0.15) is 0 Å². The first-order valence-corrected chi connectivity index (χ1v) is 7.88. The predicted molar refractivity (Wildman–Crippen MR) is 82.7 cm³/mol. The number of piperidine rings is 1. The lowest BCUT2D eigenvalue weighted by Crippen LogP contribution is -2.44. The monoisotopic (exact) mass is 264 g/mol. The molecule has 2 atom stereocenters. The lowest BCUT2D eigenvalue weighted by Gasteiger charge is -2.45. The number of hydrogen-bond donors (Lipinski definition) is 0. The van der Waals surface area contributed by atoms with Crippen molar-refractivity contribution in [3.63, 3.8) is 0 Å². The Morgan fingerprint density at radius 1 is 1.20 bits per heavy atom. The third kappa shape index (κ3) is 1.28. The van der Waals surface area contributed by atoms with Crippen LogP contribution in [0, 0.1) is 12.8 Å². The smallest absolute Gasteiger partial charge is 0.0571 e. The topological polar surface area (TPSA) is 8.17 Å². The number of nitrogens with zero attached hydrogens (tertiary/aromatic N) is 2. The largest absolute Gasteiger partial charge is 0.319 e. The van der Waals surface area contributed by atoms with Crippen molar-refractivity contribution in [2.75, 3.05) is 13.1 Å². The maximum Gasteiger partial charge on any atom is 0.0571 e. The molecular weight excluding hydrogens is 244 g/mol. The zero-order valence-corrected chi connectivity index (χ0v) is 12.0. The van der Waals surface area contributed by atoms with Gasteiger partial charge in [-0.3, -0.25) is 4.90 Å². The lowest BCUT2D eigenvalue weighted by molar-refractivity contribution is 0.0982. The van der Waals surface area contributed by atoms with Crippen molar-refractivity contribution < 1.29 is 0 Å². The fraction of sp³-hybridized carbons (Fsp3) is 0.444. The van der Waals surface area contributed by atoms with Crippen molar-refractivity contribution in [3.8, 4) is 0 Å². The molecule has 102 valence electrons. The SMILES string of the molecule is Cc1ccc2c3c4n(c2c1)C=C[C@@H]1CCCN(CC3)[C@@H]41. The fourth-order valence-corrected chi connectivity index (χ4v) is 4.63. The summed E-state index contributed by atoms with van der Waals surface area (Å²) < 4.78 is 2.48. The highest BCUT2D eigenvalue weighted by Crippen LogP contribution is 2.47. The van der Waals surface area contributed by atoms with Crippen LogP contribution in [0.25, 0.3) is 17.1 Å². The van der Waals surface area contributed by atoms with Crippen LogP contribution < -0.4 is 0 Å². The standard InChI is InChI=1S/C18H20N2/c1-12-4-5-14-15-7-9-19-8-2-3-13-6-10-20(16(14)11-12)18(15)17(13)19/h4-6,10-11,13,17H,2-3,7-9H2,1H3/t13-,17+/m0/s1. The van der Waals surface area contributed by atoms with Crippen molar-refractivity contribution in [1.29, 1.82) is 0 Å². The predicted octanol–water partition coefficient (Wildman–Crippen LogP) is 3.74. The van der Waals surface area contributed by atoms with Gasteiger partial charge in [-0.1, -0.05) is 18.2 Å². The van der Waals surface area contributed by atoms with Gasteiger partial charge in [-0.25, -0.2) is 0 Å². The Morgan fingerprint density at radius 2 is 2.15 bits per heavy atom. The average molecular weight is 264 g/mol. The van der Waals surface area contributed by atoms with Crippen molar-refractivity contribution in [2.24, 2.45) is 5.92 Å². The maximum absolute atomic E-state index is 2.72. The number of fused-ring (bicyclic) bond motifs is 3. The second-order valence-electron chi connectivity index (χ2n) is 6.63. The van der Waals surface area contributed by atoms with Gasteiger partial charge in [-0.05, 0) is 55.8 Å². The molecule has 1 saturated heterocycles. The summed E-state index contributed by atoms with van der Waals surface area (Å²) in [5.74, 6) is 0.737. The van der Waals surface area contributed by atoms with E-state index in [9.17, 15) is 0 Å². The summed E-state index contributed by atoms with van der Waals surface area (Å²) in [6, 6.07) is 7.60. The number of benzene rings is 1. The van der Waals surface area contributed by atoms with Gasteiger partial charge in [0.15, 0.2) is 0 Å².